The van der Waals surface area contributed by atoms with E-state index in [1.54, 1.807) is 12.3 Å². The first-order chi connectivity index (χ1) is 14.1. The molecule has 1 amide bonds. The molecule has 1 N–H and O–H groups in total. The largest absolute Gasteiger partial charge is 0.461 e. The molecule has 1 aliphatic rings. The Kier molecular flexibility index (Phi) is 5.54. The Balaban J connectivity index is 1.59. The van der Waals surface area contributed by atoms with Gasteiger partial charge in [-0.25, -0.2) is 9.97 Å². The Labute approximate surface area is 173 Å². The van der Waals surface area contributed by atoms with E-state index in [4.69, 9.17) is 4.42 Å². The van der Waals surface area contributed by atoms with E-state index in [-0.39, 0.29) is 5.91 Å². The number of nitrogens with one attached hydrogen (secondary N) is 1. The van der Waals surface area contributed by atoms with Crippen LogP contribution < -0.4 is 5.32 Å². The summed E-state index contributed by atoms with van der Waals surface area (Å²) in [4.78, 5) is 22.1. The summed E-state index contributed by atoms with van der Waals surface area (Å²) in [6.45, 7) is 1.84. The van der Waals surface area contributed by atoms with Crippen molar-refractivity contribution in [2.24, 2.45) is 0 Å². The Morgan fingerprint density at radius 3 is 2.72 bits per heavy atom. The number of hydrogen-bond donors (Lipinski definition) is 1. The number of aromatic nitrogens is 2. The molecule has 0 aliphatic heterocycles. The number of amides is 1. The number of furan rings is 1. The van der Waals surface area contributed by atoms with Crippen LogP contribution in [0.4, 0.5) is 0 Å². The average Bonchev–Trinajstić information content (AvgIpc) is 3.29. The summed E-state index contributed by atoms with van der Waals surface area (Å²) in [5.41, 5.74) is 0.0572. The number of carbonyl (C=O) groups is 1. The second kappa shape index (κ2) is 8.26. The van der Waals surface area contributed by atoms with Crippen molar-refractivity contribution in [3.8, 4) is 17.7 Å². The summed E-state index contributed by atoms with van der Waals surface area (Å²) in [6.07, 6.45) is 6.07. The third-order valence-electron chi connectivity index (χ3n) is 5.25. The topological polar surface area (TPSA) is 91.8 Å². The molecule has 1 fully saturated rings. The molecule has 1 atom stereocenters. The number of nitriles is 1. The number of para-hydroxylation sites is 1. The predicted molar refractivity (Wildman–Crippen MR) is 112 cm³/mol. The first kappa shape index (κ1) is 19.5. The number of hydrogen-bond acceptors (Lipinski definition) is 6. The maximum absolute atomic E-state index is 12.9. The SMILES string of the molecule is CC(Sc1nc(-c2ccco2)nc2ccccc12)C(=O)NC1(C#N)CCCCC1. The van der Waals surface area contributed by atoms with E-state index < -0.39 is 10.8 Å². The number of nitrogens with zero attached hydrogens (tertiary/aromatic N) is 3. The van der Waals surface area contributed by atoms with Crippen LogP contribution in [0.25, 0.3) is 22.5 Å². The van der Waals surface area contributed by atoms with Crippen LogP contribution in [0.15, 0.2) is 52.1 Å². The molecular formula is C22H22N4O2S. The number of carbonyl (C=O) groups excluding carboxylic acids is 1. The molecule has 29 heavy (non-hydrogen) atoms. The van der Waals surface area contributed by atoms with Gasteiger partial charge < -0.3 is 9.73 Å². The molecule has 4 rings (SSSR count). The van der Waals surface area contributed by atoms with Crippen molar-refractivity contribution in [3.05, 3.63) is 42.7 Å². The minimum absolute atomic E-state index is 0.138. The molecule has 1 aliphatic carbocycles. The lowest BCUT2D eigenvalue weighted by Gasteiger charge is -2.32. The molecule has 3 aromatic rings. The monoisotopic (exact) mass is 406 g/mol. The normalized spacial score (nSPS) is 16.8. The van der Waals surface area contributed by atoms with E-state index in [0.717, 1.165) is 35.2 Å². The van der Waals surface area contributed by atoms with Crippen LogP contribution >= 0.6 is 11.8 Å². The maximum Gasteiger partial charge on any atom is 0.234 e. The van der Waals surface area contributed by atoms with Gasteiger partial charge >= 0.3 is 0 Å². The van der Waals surface area contributed by atoms with Crippen molar-refractivity contribution in [1.29, 1.82) is 5.26 Å². The first-order valence-corrected chi connectivity index (χ1v) is 10.7. The third-order valence-corrected chi connectivity index (χ3v) is 6.35. The van der Waals surface area contributed by atoms with Gasteiger partial charge in [0.2, 0.25) is 5.91 Å². The van der Waals surface area contributed by atoms with Gasteiger partial charge in [-0.2, -0.15) is 5.26 Å². The molecule has 1 unspecified atom stereocenters. The summed E-state index contributed by atoms with van der Waals surface area (Å²) >= 11 is 1.38. The standard InChI is InChI=1S/C22H22N4O2S/c1-15(20(27)26-22(14-23)11-5-2-6-12-22)29-21-16-8-3-4-9-17(16)24-19(25-21)18-10-7-13-28-18/h3-4,7-10,13,15H,2,5-6,11-12H2,1H3,(H,26,27). The molecule has 0 saturated heterocycles. The van der Waals surface area contributed by atoms with Gasteiger partial charge in [-0.05, 0) is 38.0 Å². The van der Waals surface area contributed by atoms with Gasteiger partial charge in [-0.3, -0.25) is 4.79 Å². The van der Waals surface area contributed by atoms with E-state index in [9.17, 15) is 10.1 Å². The molecule has 0 spiro atoms. The van der Waals surface area contributed by atoms with Crippen molar-refractivity contribution in [3.63, 3.8) is 0 Å². The highest BCUT2D eigenvalue weighted by molar-refractivity contribution is 8.00. The second-order valence-electron chi connectivity index (χ2n) is 7.35. The number of fused-ring (bicyclic) bond motifs is 1. The molecule has 1 aromatic carbocycles. The Morgan fingerprint density at radius 1 is 1.21 bits per heavy atom. The molecule has 148 valence electrons. The maximum atomic E-state index is 12.9. The van der Waals surface area contributed by atoms with Gasteiger partial charge in [-0.15, -0.1) is 0 Å². The Hall–Kier alpha value is -2.85. The number of benzene rings is 1. The fourth-order valence-electron chi connectivity index (χ4n) is 3.63. The molecule has 1 saturated carbocycles. The van der Waals surface area contributed by atoms with E-state index in [2.05, 4.69) is 21.4 Å². The predicted octanol–water partition coefficient (Wildman–Crippen LogP) is 4.71. The van der Waals surface area contributed by atoms with E-state index in [1.807, 2.05) is 37.3 Å². The molecule has 2 heterocycles. The third kappa shape index (κ3) is 4.13. The second-order valence-corrected chi connectivity index (χ2v) is 8.68. The summed E-state index contributed by atoms with van der Waals surface area (Å²) in [7, 11) is 0. The van der Waals surface area contributed by atoms with E-state index in [1.165, 1.54) is 11.8 Å². The highest BCUT2D eigenvalue weighted by Crippen LogP contribution is 2.32. The summed E-state index contributed by atoms with van der Waals surface area (Å²) in [5, 5.41) is 13.9. The van der Waals surface area contributed by atoms with E-state index in [0.29, 0.717) is 24.4 Å². The van der Waals surface area contributed by atoms with Crippen molar-refractivity contribution in [2.45, 2.75) is 54.8 Å². The zero-order chi connectivity index (χ0) is 20.3. The van der Waals surface area contributed by atoms with Gasteiger partial charge in [0, 0.05) is 5.39 Å². The highest BCUT2D eigenvalue weighted by atomic mass is 32.2. The molecule has 0 bridgehead atoms. The Morgan fingerprint density at radius 2 is 2.00 bits per heavy atom. The van der Waals surface area contributed by atoms with Gasteiger partial charge in [0.1, 0.15) is 10.6 Å². The van der Waals surface area contributed by atoms with Gasteiger partial charge in [0.05, 0.1) is 23.1 Å². The Bertz CT molecular complexity index is 1050. The van der Waals surface area contributed by atoms with Crippen LogP contribution in [0, 0.1) is 11.3 Å². The van der Waals surface area contributed by atoms with Gasteiger partial charge in [-0.1, -0.05) is 49.2 Å². The van der Waals surface area contributed by atoms with Crippen molar-refractivity contribution >= 4 is 28.6 Å². The molecular weight excluding hydrogens is 384 g/mol. The number of rotatable bonds is 5. The van der Waals surface area contributed by atoms with Crippen LogP contribution in [0.5, 0.6) is 0 Å². The van der Waals surface area contributed by atoms with E-state index >= 15 is 0 Å². The molecule has 7 heteroatoms. The van der Waals surface area contributed by atoms with Crippen molar-refractivity contribution < 1.29 is 9.21 Å². The first-order valence-electron chi connectivity index (χ1n) is 9.81. The van der Waals surface area contributed by atoms with Gasteiger partial charge in [0.15, 0.2) is 11.6 Å². The van der Waals surface area contributed by atoms with Crippen LogP contribution in [0.1, 0.15) is 39.0 Å². The van der Waals surface area contributed by atoms with Gasteiger partial charge in [0.25, 0.3) is 0 Å². The fraction of sp³-hybridized carbons (Fsp3) is 0.364. The minimum Gasteiger partial charge on any atom is -0.461 e. The zero-order valence-electron chi connectivity index (χ0n) is 16.2. The van der Waals surface area contributed by atoms with Crippen LogP contribution in [-0.2, 0) is 4.79 Å². The quantitative estimate of drug-likeness (QED) is 0.487. The highest BCUT2D eigenvalue weighted by Gasteiger charge is 2.35. The fourth-order valence-corrected chi connectivity index (χ4v) is 4.57. The molecule has 0 radical (unpaired) electrons. The molecule has 2 aromatic heterocycles. The van der Waals surface area contributed by atoms with Crippen LogP contribution in [0.3, 0.4) is 0 Å². The summed E-state index contributed by atoms with van der Waals surface area (Å²) < 4.78 is 5.45. The van der Waals surface area contributed by atoms with Crippen molar-refractivity contribution in [1.82, 2.24) is 15.3 Å². The smallest absolute Gasteiger partial charge is 0.234 e. The average molecular weight is 407 g/mol. The summed E-state index contributed by atoms with van der Waals surface area (Å²) in [5.74, 6) is 0.936. The molecule has 6 nitrogen and oxygen atoms in total. The van der Waals surface area contributed by atoms with Crippen LogP contribution in [-0.4, -0.2) is 26.7 Å². The minimum atomic E-state index is -0.739. The van der Waals surface area contributed by atoms with Crippen molar-refractivity contribution in [2.75, 3.05) is 0 Å². The number of thioether (sulfide) groups is 1. The lowest BCUT2D eigenvalue weighted by molar-refractivity contribution is -0.121. The lowest BCUT2D eigenvalue weighted by atomic mass is 9.83. The summed E-state index contributed by atoms with van der Waals surface area (Å²) in [6, 6.07) is 13.7. The van der Waals surface area contributed by atoms with Crippen LogP contribution in [0.2, 0.25) is 0 Å². The zero-order valence-corrected chi connectivity index (χ0v) is 17.0. The lowest BCUT2D eigenvalue weighted by Crippen LogP contribution is -2.50.